The third-order valence-electron chi connectivity index (χ3n) is 5.87. The van der Waals surface area contributed by atoms with Crippen molar-refractivity contribution in [1.29, 1.82) is 0 Å². The van der Waals surface area contributed by atoms with Crippen molar-refractivity contribution < 1.29 is 4.57 Å². The van der Waals surface area contributed by atoms with E-state index in [4.69, 9.17) is 0 Å². The molecule has 1 heterocycles. The highest BCUT2D eigenvalue weighted by Gasteiger charge is 2.47. The van der Waals surface area contributed by atoms with Gasteiger partial charge in [0.05, 0.1) is 5.66 Å². The van der Waals surface area contributed by atoms with E-state index in [1.54, 1.807) is 0 Å². The first-order chi connectivity index (χ1) is 13.6. The zero-order valence-corrected chi connectivity index (χ0v) is 17.2. The molecule has 0 bridgehead atoms. The molecule has 0 amide bonds. The highest BCUT2D eigenvalue weighted by molar-refractivity contribution is 7.79. The molecule has 3 unspecified atom stereocenters. The fraction of sp³-hybridized carbons (Fsp3) is 0.250. The van der Waals surface area contributed by atoms with E-state index in [0.717, 1.165) is 16.2 Å². The van der Waals surface area contributed by atoms with E-state index in [0.29, 0.717) is 0 Å². The molecule has 0 saturated carbocycles. The third-order valence-corrected chi connectivity index (χ3v) is 9.43. The van der Waals surface area contributed by atoms with Crippen molar-refractivity contribution in [2.75, 3.05) is 0 Å². The number of benzene rings is 3. The van der Waals surface area contributed by atoms with Gasteiger partial charge in [0, 0.05) is 28.6 Å². The molecule has 0 aromatic heterocycles. The van der Waals surface area contributed by atoms with Crippen molar-refractivity contribution in [1.82, 2.24) is 10.9 Å². The van der Waals surface area contributed by atoms with Gasteiger partial charge in [-0.05, 0) is 19.4 Å². The van der Waals surface area contributed by atoms with Crippen LogP contribution in [0.25, 0.3) is 0 Å². The number of hydrogen-bond donors (Lipinski definition) is 2. The fourth-order valence-corrected chi connectivity index (χ4v) is 8.29. The van der Waals surface area contributed by atoms with Crippen LogP contribution in [0.2, 0.25) is 0 Å². The Kier molecular flexibility index (Phi) is 5.50. The van der Waals surface area contributed by atoms with Crippen LogP contribution in [0.4, 0.5) is 0 Å². The first-order valence-electron chi connectivity index (χ1n) is 9.89. The van der Waals surface area contributed by atoms with Crippen molar-refractivity contribution in [3.05, 3.63) is 96.6 Å². The second kappa shape index (κ2) is 8.05. The Morgan fingerprint density at radius 3 is 1.50 bits per heavy atom. The van der Waals surface area contributed by atoms with E-state index < -0.39 is 7.14 Å². The van der Waals surface area contributed by atoms with E-state index in [2.05, 4.69) is 36.8 Å². The molecule has 4 rings (SSSR count). The first kappa shape index (κ1) is 19.1. The topological polar surface area (TPSA) is 41.1 Å². The highest BCUT2D eigenvalue weighted by atomic mass is 31.2. The molecule has 28 heavy (non-hydrogen) atoms. The van der Waals surface area contributed by atoms with Crippen molar-refractivity contribution >= 4 is 17.8 Å². The maximum absolute atomic E-state index is 15.1. The maximum Gasteiger partial charge on any atom is 0.150 e. The summed E-state index contributed by atoms with van der Waals surface area (Å²) in [4.78, 5) is 0. The van der Waals surface area contributed by atoms with E-state index >= 15 is 4.57 Å². The van der Waals surface area contributed by atoms with Gasteiger partial charge in [0.1, 0.15) is 0 Å². The van der Waals surface area contributed by atoms with Gasteiger partial charge in [-0.25, -0.2) is 0 Å². The molecule has 1 saturated heterocycles. The molecular weight excluding hydrogens is 363 g/mol. The van der Waals surface area contributed by atoms with E-state index in [-0.39, 0.29) is 23.7 Å². The van der Waals surface area contributed by atoms with Gasteiger partial charge in [0.15, 0.2) is 7.14 Å². The minimum absolute atomic E-state index is 0.119. The number of nitrogens with one attached hydrogen (secondary N) is 2. The van der Waals surface area contributed by atoms with Crippen LogP contribution >= 0.6 is 7.14 Å². The van der Waals surface area contributed by atoms with Gasteiger partial charge < -0.3 is 4.57 Å². The number of rotatable bonds is 5. The molecule has 0 aliphatic carbocycles. The predicted molar refractivity (Wildman–Crippen MR) is 118 cm³/mol. The molecule has 4 heteroatoms. The summed E-state index contributed by atoms with van der Waals surface area (Å²) in [5.41, 5.74) is 7.76. The van der Waals surface area contributed by atoms with Gasteiger partial charge in [0.25, 0.3) is 0 Å². The molecular formula is C24H27N2OP. The van der Waals surface area contributed by atoms with Gasteiger partial charge in [-0.1, -0.05) is 91.0 Å². The minimum Gasteiger partial charge on any atom is -0.313 e. The average molecular weight is 390 g/mol. The largest absolute Gasteiger partial charge is 0.313 e. The fourth-order valence-electron chi connectivity index (χ4n) is 4.53. The lowest BCUT2D eigenvalue weighted by atomic mass is 9.89. The molecule has 1 aliphatic heterocycles. The Labute approximate surface area is 167 Å². The number of hydrogen-bond acceptors (Lipinski definition) is 3. The van der Waals surface area contributed by atoms with Crippen molar-refractivity contribution in [2.45, 2.75) is 31.6 Å². The van der Waals surface area contributed by atoms with Crippen molar-refractivity contribution in [2.24, 2.45) is 5.92 Å². The zero-order chi connectivity index (χ0) is 19.6. The molecule has 3 aromatic carbocycles. The SMILES string of the molecule is CC1NNC(C)C1C(c1ccccc1)P(=O)(c1ccccc1)c1ccccc1. The maximum atomic E-state index is 15.1. The van der Waals surface area contributed by atoms with Gasteiger partial charge in [0.2, 0.25) is 0 Å². The number of hydrazine groups is 1. The van der Waals surface area contributed by atoms with Crippen LogP contribution in [-0.4, -0.2) is 12.1 Å². The molecule has 1 fully saturated rings. The second-order valence-electron chi connectivity index (χ2n) is 7.63. The second-order valence-corrected chi connectivity index (χ2v) is 10.5. The monoisotopic (exact) mass is 390 g/mol. The summed E-state index contributed by atoms with van der Waals surface area (Å²) < 4.78 is 15.1. The summed E-state index contributed by atoms with van der Waals surface area (Å²) in [6.45, 7) is 4.36. The van der Waals surface area contributed by atoms with Crippen LogP contribution in [0.5, 0.6) is 0 Å². The van der Waals surface area contributed by atoms with E-state index in [1.807, 2.05) is 78.9 Å². The Hall–Kier alpha value is -2.19. The van der Waals surface area contributed by atoms with Crippen molar-refractivity contribution in [3.63, 3.8) is 0 Å². The lowest BCUT2D eigenvalue weighted by Gasteiger charge is -2.36. The highest BCUT2D eigenvalue weighted by Crippen LogP contribution is 2.61. The smallest absolute Gasteiger partial charge is 0.150 e. The lowest BCUT2D eigenvalue weighted by molar-refractivity contribution is 0.419. The Morgan fingerprint density at radius 1 is 0.679 bits per heavy atom. The van der Waals surface area contributed by atoms with Crippen LogP contribution < -0.4 is 21.5 Å². The van der Waals surface area contributed by atoms with Gasteiger partial charge in [-0.3, -0.25) is 10.9 Å². The molecule has 3 aromatic rings. The molecule has 0 spiro atoms. The zero-order valence-electron chi connectivity index (χ0n) is 16.3. The normalized spacial score (nSPS) is 23.4. The van der Waals surface area contributed by atoms with Gasteiger partial charge >= 0.3 is 0 Å². The summed E-state index contributed by atoms with van der Waals surface area (Å²) in [7, 11) is -2.96. The van der Waals surface area contributed by atoms with Crippen LogP contribution in [0.3, 0.4) is 0 Å². The van der Waals surface area contributed by atoms with Gasteiger partial charge in [-0.15, -0.1) is 0 Å². The molecule has 0 radical (unpaired) electrons. The quantitative estimate of drug-likeness (QED) is 0.640. The standard InChI is InChI=1S/C24H27N2OP/c1-18-23(19(2)26-25-18)24(20-12-6-3-7-13-20)28(27,21-14-8-4-9-15-21)22-16-10-5-11-17-22/h3-19,23-26H,1-2H3. The summed E-state index contributed by atoms with van der Waals surface area (Å²) >= 11 is 0. The summed E-state index contributed by atoms with van der Waals surface area (Å²) in [5.74, 6) is 0.189. The Morgan fingerprint density at radius 2 is 1.07 bits per heavy atom. The summed E-state index contributed by atoms with van der Waals surface area (Å²) in [6, 6.07) is 30.8. The molecule has 3 atom stereocenters. The predicted octanol–water partition coefficient (Wildman–Crippen LogP) is 4.24. The van der Waals surface area contributed by atoms with E-state index in [1.165, 1.54) is 0 Å². The molecule has 3 nitrogen and oxygen atoms in total. The third kappa shape index (κ3) is 3.35. The summed E-state index contributed by atoms with van der Waals surface area (Å²) in [6.07, 6.45) is 0. The molecule has 144 valence electrons. The Bertz CT molecular complexity index is 893. The Balaban J connectivity index is 1.99. The van der Waals surface area contributed by atoms with Crippen LogP contribution in [-0.2, 0) is 4.57 Å². The van der Waals surface area contributed by atoms with Crippen LogP contribution in [0.15, 0.2) is 91.0 Å². The minimum atomic E-state index is -2.96. The summed E-state index contributed by atoms with van der Waals surface area (Å²) in [5, 5.41) is 1.84. The molecule has 2 N–H and O–H groups in total. The van der Waals surface area contributed by atoms with Gasteiger partial charge in [-0.2, -0.15) is 0 Å². The first-order valence-corrected chi connectivity index (χ1v) is 11.7. The van der Waals surface area contributed by atoms with Crippen molar-refractivity contribution in [3.8, 4) is 0 Å². The average Bonchev–Trinajstić information content (AvgIpc) is 3.08. The van der Waals surface area contributed by atoms with Crippen LogP contribution in [0, 0.1) is 5.92 Å². The lowest BCUT2D eigenvalue weighted by Crippen LogP contribution is -2.34. The van der Waals surface area contributed by atoms with E-state index in [9.17, 15) is 0 Å². The molecule has 1 aliphatic rings. The van der Waals surface area contributed by atoms with Crippen LogP contribution in [0.1, 0.15) is 25.1 Å².